The topological polar surface area (TPSA) is 106 Å². The van der Waals surface area contributed by atoms with Crippen LogP contribution in [0.3, 0.4) is 0 Å². The Morgan fingerprint density at radius 2 is 2.08 bits per heavy atom. The number of ether oxygens (including phenoxy) is 2. The van der Waals surface area contributed by atoms with E-state index in [-0.39, 0.29) is 5.69 Å². The molecule has 2 aromatic rings. The summed E-state index contributed by atoms with van der Waals surface area (Å²) in [6, 6.07) is 5.13. The van der Waals surface area contributed by atoms with E-state index in [1.165, 1.54) is 7.11 Å². The van der Waals surface area contributed by atoms with Crippen LogP contribution in [-0.2, 0) is 9.53 Å². The fourth-order valence-electron chi connectivity index (χ4n) is 2.42. The third kappa shape index (κ3) is 4.01. The van der Waals surface area contributed by atoms with Crippen molar-refractivity contribution < 1.29 is 19.1 Å². The molecular weight excluding hydrogens is 336 g/mol. The van der Waals surface area contributed by atoms with Gasteiger partial charge in [-0.2, -0.15) is 5.10 Å². The maximum Gasteiger partial charge on any atom is 0.330 e. The minimum atomic E-state index is -1.16. The third-order valence-corrected chi connectivity index (χ3v) is 4.14. The van der Waals surface area contributed by atoms with Gasteiger partial charge in [-0.05, 0) is 50.8 Å². The van der Waals surface area contributed by atoms with Gasteiger partial charge in [-0.15, -0.1) is 0 Å². The van der Waals surface area contributed by atoms with E-state index in [9.17, 15) is 9.59 Å². The number of hydrogen-bond donors (Lipinski definition) is 2. The lowest BCUT2D eigenvalue weighted by Gasteiger charge is -2.23. The van der Waals surface area contributed by atoms with E-state index in [0.717, 1.165) is 12.8 Å². The van der Waals surface area contributed by atoms with Crippen molar-refractivity contribution in [1.29, 1.82) is 0 Å². The van der Waals surface area contributed by atoms with Crippen molar-refractivity contribution in [2.45, 2.75) is 32.2 Å². The smallest absolute Gasteiger partial charge is 0.330 e. The maximum absolute atomic E-state index is 12.5. The summed E-state index contributed by atoms with van der Waals surface area (Å²) in [6.07, 6.45) is 4.00. The number of carbonyl (C=O) groups excluding carboxylic acids is 2. The highest BCUT2D eigenvalue weighted by Crippen LogP contribution is 2.32. The molecule has 0 atom stereocenters. The van der Waals surface area contributed by atoms with Crippen molar-refractivity contribution in [3.63, 3.8) is 0 Å². The molecule has 0 bridgehead atoms. The average Bonchev–Trinajstić information content (AvgIpc) is 3.30. The van der Waals surface area contributed by atoms with Gasteiger partial charge in [0.05, 0.1) is 25.0 Å². The third-order valence-electron chi connectivity index (χ3n) is 4.14. The van der Waals surface area contributed by atoms with Crippen LogP contribution in [0.25, 0.3) is 11.3 Å². The fourth-order valence-corrected chi connectivity index (χ4v) is 2.42. The average molecular weight is 358 g/mol. The molecule has 0 unspecified atom stereocenters. The van der Waals surface area contributed by atoms with Crippen molar-refractivity contribution in [1.82, 2.24) is 20.5 Å². The highest BCUT2D eigenvalue weighted by molar-refractivity contribution is 5.97. The summed E-state index contributed by atoms with van der Waals surface area (Å²) in [7, 11) is 1.27. The predicted molar refractivity (Wildman–Crippen MR) is 93.6 cm³/mol. The van der Waals surface area contributed by atoms with Crippen LogP contribution in [-0.4, -0.2) is 46.3 Å². The molecule has 0 saturated heterocycles. The molecule has 2 aromatic heterocycles. The normalized spacial score (nSPS) is 14.0. The van der Waals surface area contributed by atoms with Gasteiger partial charge in [0.25, 0.3) is 5.91 Å². The number of nitrogens with one attached hydrogen (secondary N) is 2. The molecule has 26 heavy (non-hydrogen) atoms. The Hall–Kier alpha value is -2.90. The van der Waals surface area contributed by atoms with E-state index in [1.54, 1.807) is 38.2 Å². The number of amides is 1. The van der Waals surface area contributed by atoms with E-state index >= 15 is 0 Å². The molecule has 1 fully saturated rings. The standard InChI is InChI=1S/C18H22N4O4/c1-18(2,17(24)25-3)21-15(23)14-7-6-12(13-8-9-19-22-13)16(20-14)26-10-11-4-5-11/h6-9,11H,4-5,10H2,1-3H3,(H,19,22)(H,21,23). The quantitative estimate of drug-likeness (QED) is 0.733. The van der Waals surface area contributed by atoms with Gasteiger partial charge >= 0.3 is 5.97 Å². The molecule has 0 spiro atoms. The summed E-state index contributed by atoms with van der Waals surface area (Å²) in [5.74, 6) is -0.124. The summed E-state index contributed by atoms with van der Waals surface area (Å²) >= 11 is 0. The molecular formula is C18H22N4O4. The molecule has 1 amide bonds. The van der Waals surface area contributed by atoms with E-state index in [0.29, 0.717) is 29.7 Å². The largest absolute Gasteiger partial charge is 0.477 e. The lowest BCUT2D eigenvalue weighted by Crippen LogP contribution is -2.50. The molecule has 0 aromatic carbocycles. The number of pyridine rings is 1. The zero-order chi connectivity index (χ0) is 18.7. The summed E-state index contributed by atoms with van der Waals surface area (Å²) in [6.45, 7) is 3.70. The number of esters is 1. The second-order valence-corrected chi connectivity index (χ2v) is 6.83. The molecule has 8 nitrogen and oxygen atoms in total. The first-order valence-electron chi connectivity index (χ1n) is 8.45. The van der Waals surface area contributed by atoms with E-state index < -0.39 is 17.4 Å². The Balaban J connectivity index is 1.84. The van der Waals surface area contributed by atoms with Crippen LogP contribution in [0.4, 0.5) is 0 Å². The van der Waals surface area contributed by atoms with Crippen molar-refractivity contribution >= 4 is 11.9 Å². The minimum Gasteiger partial charge on any atom is -0.477 e. The van der Waals surface area contributed by atoms with Gasteiger partial charge in [0.2, 0.25) is 5.88 Å². The monoisotopic (exact) mass is 358 g/mol. The number of nitrogens with zero attached hydrogens (tertiary/aromatic N) is 2. The van der Waals surface area contributed by atoms with E-state index in [2.05, 4.69) is 20.5 Å². The highest BCUT2D eigenvalue weighted by atomic mass is 16.5. The van der Waals surface area contributed by atoms with Gasteiger partial charge in [0.15, 0.2) is 0 Å². The Morgan fingerprint density at radius 3 is 2.69 bits per heavy atom. The summed E-state index contributed by atoms with van der Waals surface area (Å²) in [5, 5.41) is 9.54. The Kier molecular flexibility index (Phi) is 4.92. The number of hydrogen-bond acceptors (Lipinski definition) is 6. The second kappa shape index (κ2) is 7.15. The molecule has 1 aliphatic carbocycles. The molecule has 2 N–H and O–H groups in total. The molecule has 138 valence electrons. The summed E-state index contributed by atoms with van der Waals surface area (Å²) < 4.78 is 10.5. The number of H-pyrrole nitrogens is 1. The SMILES string of the molecule is COC(=O)C(C)(C)NC(=O)c1ccc(-c2cc[nH]n2)c(OCC2CC2)n1. The van der Waals surface area contributed by atoms with Crippen molar-refractivity contribution in [3.8, 4) is 17.1 Å². The summed E-state index contributed by atoms with van der Waals surface area (Å²) in [5.41, 5.74) is 0.386. The Morgan fingerprint density at radius 1 is 1.31 bits per heavy atom. The number of methoxy groups -OCH3 is 1. The molecule has 8 heteroatoms. The zero-order valence-electron chi connectivity index (χ0n) is 15.0. The lowest BCUT2D eigenvalue weighted by molar-refractivity contribution is -0.146. The van der Waals surface area contributed by atoms with Gasteiger partial charge in [-0.1, -0.05) is 0 Å². The molecule has 0 radical (unpaired) electrons. The van der Waals surface area contributed by atoms with Gasteiger partial charge in [-0.25, -0.2) is 9.78 Å². The van der Waals surface area contributed by atoms with E-state index in [4.69, 9.17) is 9.47 Å². The van der Waals surface area contributed by atoms with Gasteiger partial charge in [-0.3, -0.25) is 9.89 Å². The van der Waals surface area contributed by atoms with Gasteiger partial charge in [0, 0.05) is 6.20 Å². The van der Waals surface area contributed by atoms with Crippen LogP contribution in [0.15, 0.2) is 24.4 Å². The van der Waals surface area contributed by atoms with Crippen LogP contribution >= 0.6 is 0 Å². The molecule has 1 aliphatic rings. The first-order valence-corrected chi connectivity index (χ1v) is 8.45. The van der Waals surface area contributed by atoms with Crippen LogP contribution in [0.5, 0.6) is 5.88 Å². The van der Waals surface area contributed by atoms with Crippen LogP contribution in [0, 0.1) is 5.92 Å². The molecule has 1 saturated carbocycles. The number of carbonyl (C=O) groups is 2. The zero-order valence-corrected chi connectivity index (χ0v) is 15.0. The van der Waals surface area contributed by atoms with Crippen LogP contribution in [0.1, 0.15) is 37.2 Å². The van der Waals surface area contributed by atoms with E-state index in [1.807, 2.05) is 0 Å². The number of aromatic amines is 1. The van der Waals surface area contributed by atoms with Crippen molar-refractivity contribution in [2.24, 2.45) is 5.92 Å². The first kappa shape index (κ1) is 17.9. The van der Waals surface area contributed by atoms with Crippen LogP contribution < -0.4 is 10.1 Å². The predicted octanol–water partition coefficient (Wildman–Crippen LogP) is 1.94. The molecule has 2 heterocycles. The second-order valence-electron chi connectivity index (χ2n) is 6.83. The maximum atomic E-state index is 12.5. The number of rotatable bonds is 7. The van der Waals surface area contributed by atoms with Crippen LogP contribution in [0.2, 0.25) is 0 Å². The molecule has 0 aliphatic heterocycles. The first-order chi connectivity index (χ1) is 12.4. The number of aromatic nitrogens is 3. The van der Waals surface area contributed by atoms with Gasteiger partial charge in [0.1, 0.15) is 11.2 Å². The van der Waals surface area contributed by atoms with Gasteiger partial charge < -0.3 is 14.8 Å². The summed E-state index contributed by atoms with van der Waals surface area (Å²) in [4.78, 5) is 28.6. The Bertz CT molecular complexity index is 798. The van der Waals surface area contributed by atoms with Crippen molar-refractivity contribution in [2.75, 3.05) is 13.7 Å². The lowest BCUT2D eigenvalue weighted by atomic mass is 10.1. The minimum absolute atomic E-state index is 0.159. The Labute approximate surface area is 151 Å². The van der Waals surface area contributed by atoms with Crippen molar-refractivity contribution in [3.05, 3.63) is 30.1 Å². The molecule has 3 rings (SSSR count). The fraction of sp³-hybridized carbons (Fsp3) is 0.444. The highest BCUT2D eigenvalue weighted by Gasteiger charge is 2.31.